The summed E-state index contributed by atoms with van der Waals surface area (Å²) in [6.45, 7) is 1.19. The smallest absolute Gasteiger partial charge is 0.305 e. The summed E-state index contributed by atoms with van der Waals surface area (Å²) in [5.74, 6) is 0.00411. The summed E-state index contributed by atoms with van der Waals surface area (Å²) < 4.78 is 4.48. The van der Waals surface area contributed by atoms with Gasteiger partial charge in [0.1, 0.15) is 0 Å². The van der Waals surface area contributed by atoms with Gasteiger partial charge in [0.25, 0.3) is 5.91 Å². The standard InChI is InChI=1S/C15H20N2O4S/c1-21-13(18)6-7-14(19)22-10-11-2-4-12(5-3-11)15(20)17-9-8-16/h2-5H,6-10,16H2,1H3,(H,17,20)/p+1. The highest BCUT2D eigenvalue weighted by atomic mass is 32.2. The summed E-state index contributed by atoms with van der Waals surface area (Å²) in [4.78, 5) is 34.3. The van der Waals surface area contributed by atoms with E-state index in [-0.39, 0.29) is 29.8 Å². The predicted molar refractivity (Wildman–Crippen MR) is 84.1 cm³/mol. The molecule has 1 amide bonds. The second-order valence-electron chi connectivity index (χ2n) is 4.54. The van der Waals surface area contributed by atoms with Crippen LogP contribution in [0.5, 0.6) is 0 Å². The van der Waals surface area contributed by atoms with Gasteiger partial charge in [0.15, 0.2) is 5.12 Å². The largest absolute Gasteiger partial charge is 0.469 e. The normalized spacial score (nSPS) is 10.1. The Morgan fingerprint density at radius 1 is 1.18 bits per heavy atom. The quantitative estimate of drug-likeness (QED) is 0.673. The SMILES string of the molecule is COC(=O)CCC(=O)SCc1ccc(C(=O)NCC[NH3+])cc1. The Hall–Kier alpha value is -1.86. The minimum absolute atomic E-state index is 0.0531. The summed E-state index contributed by atoms with van der Waals surface area (Å²) in [6, 6.07) is 7.10. The number of hydrogen-bond acceptors (Lipinski definition) is 5. The zero-order chi connectivity index (χ0) is 16.4. The van der Waals surface area contributed by atoms with Crippen molar-refractivity contribution in [3.63, 3.8) is 0 Å². The van der Waals surface area contributed by atoms with Crippen molar-refractivity contribution in [1.29, 1.82) is 0 Å². The van der Waals surface area contributed by atoms with Crippen LogP contribution in [0.3, 0.4) is 0 Å². The first-order valence-corrected chi connectivity index (χ1v) is 7.94. The van der Waals surface area contributed by atoms with Crippen LogP contribution in [0.1, 0.15) is 28.8 Å². The number of quaternary nitrogens is 1. The molecule has 0 heterocycles. The number of hydrogen-bond donors (Lipinski definition) is 2. The van der Waals surface area contributed by atoms with E-state index in [0.29, 0.717) is 24.4 Å². The number of carbonyl (C=O) groups is 3. The van der Waals surface area contributed by atoms with Gasteiger partial charge < -0.3 is 15.8 Å². The predicted octanol–water partition coefficient (Wildman–Crippen LogP) is 0.371. The van der Waals surface area contributed by atoms with Crippen LogP contribution in [0.15, 0.2) is 24.3 Å². The molecule has 0 spiro atoms. The van der Waals surface area contributed by atoms with E-state index >= 15 is 0 Å². The van der Waals surface area contributed by atoms with Crippen LogP contribution in [-0.4, -0.2) is 37.2 Å². The lowest BCUT2D eigenvalue weighted by Crippen LogP contribution is -2.54. The molecule has 0 saturated carbocycles. The molecule has 0 aromatic heterocycles. The van der Waals surface area contributed by atoms with Gasteiger partial charge in [0, 0.05) is 17.7 Å². The lowest BCUT2D eigenvalue weighted by molar-refractivity contribution is -0.364. The Morgan fingerprint density at radius 3 is 2.45 bits per heavy atom. The van der Waals surface area contributed by atoms with Gasteiger partial charge in [0.2, 0.25) is 0 Å². The van der Waals surface area contributed by atoms with Crippen molar-refractivity contribution in [2.75, 3.05) is 20.2 Å². The van der Waals surface area contributed by atoms with E-state index in [2.05, 4.69) is 15.8 Å². The summed E-state index contributed by atoms with van der Waals surface area (Å²) in [5, 5.41) is 2.69. The van der Waals surface area contributed by atoms with Crippen molar-refractivity contribution < 1.29 is 24.9 Å². The fourth-order valence-corrected chi connectivity index (χ4v) is 2.37. The number of rotatable bonds is 8. The first-order chi connectivity index (χ1) is 10.6. The maximum atomic E-state index is 11.7. The van der Waals surface area contributed by atoms with Crippen LogP contribution in [-0.2, 0) is 20.1 Å². The molecule has 1 aromatic carbocycles. The number of nitrogens with one attached hydrogen (secondary N) is 1. The van der Waals surface area contributed by atoms with Crippen molar-refractivity contribution in [3.8, 4) is 0 Å². The molecule has 0 fully saturated rings. The molecule has 4 N–H and O–H groups in total. The third-order valence-electron chi connectivity index (χ3n) is 2.84. The highest BCUT2D eigenvalue weighted by Crippen LogP contribution is 2.16. The van der Waals surface area contributed by atoms with Gasteiger partial charge in [-0.25, -0.2) is 0 Å². The van der Waals surface area contributed by atoms with E-state index in [1.807, 2.05) is 12.1 Å². The van der Waals surface area contributed by atoms with Gasteiger partial charge in [-0.05, 0) is 17.7 Å². The van der Waals surface area contributed by atoms with Gasteiger partial charge in [-0.2, -0.15) is 0 Å². The monoisotopic (exact) mass is 325 g/mol. The second-order valence-corrected chi connectivity index (χ2v) is 5.58. The third-order valence-corrected chi connectivity index (χ3v) is 3.84. The van der Waals surface area contributed by atoms with Crippen molar-refractivity contribution in [2.45, 2.75) is 18.6 Å². The highest BCUT2D eigenvalue weighted by Gasteiger charge is 2.09. The maximum absolute atomic E-state index is 11.7. The van der Waals surface area contributed by atoms with Crippen molar-refractivity contribution >= 4 is 28.8 Å². The van der Waals surface area contributed by atoms with Crippen LogP contribution in [0.25, 0.3) is 0 Å². The number of methoxy groups -OCH3 is 1. The summed E-state index contributed by atoms with van der Waals surface area (Å²) in [6.07, 6.45) is 0.274. The summed E-state index contributed by atoms with van der Waals surface area (Å²) >= 11 is 1.15. The number of esters is 1. The molecule has 0 aliphatic carbocycles. The van der Waals surface area contributed by atoms with E-state index in [4.69, 9.17) is 0 Å². The molecule has 0 bridgehead atoms. The summed E-state index contributed by atoms with van der Waals surface area (Å²) in [7, 11) is 1.30. The fourth-order valence-electron chi connectivity index (χ4n) is 1.60. The third kappa shape index (κ3) is 6.73. The van der Waals surface area contributed by atoms with E-state index in [0.717, 1.165) is 17.3 Å². The van der Waals surface area contributed by atoms with Gasteiger partial charge >= 0.3 is 5.97 Å². The number of carbonyl (C=O) groups excluding carboxylic acids is 3. The minimum Gasteiger partial charge on any atom is -0.469 e. The molecule has 1 rings (SSSR count). The topological polar surface area (TPSA) is 100 Å². The molecule has 0 atom stereocenters. The van der Waals surface area contributed by atoms with Gasteiger partial charge in [-0.15, -0.1) is 0 Å². The fraction of sp³-hybridized carbons (Fsp3) is 0.400. The molecule has 0 radical (unpaired) electrons. The second kappa shape index (κ2) is 9.97. The molecule has 0 aliphatic rings. The van der Waals surface area contributed by atoms with E-state index in [1.165, 1.54) is 7.11 Å². The Bertz CT molecular complexity index is 517. The lowest BCUT2D eigenvalue weighted by atomic mass is 10.1. The Kier molecular flexibility index (Phi) is 8.24. The average Bonchev–Trinajstić information content (AvgIpc) is 2.55. The van der Waals surface area contributed by atoms with Gasteiger partial charge in [0.05, 0.1) is 26.6 Å². The Balaban J connectivity index is 2.39. The molecular weight excluding hydrogens is 304 g/mol. The summed E-state index contributed by atoms with van der Waals surface area (Å²) in [5.41, 5.74) is 5.19. The van der Waals surface area contributed by atoms with Crippen LogP contribution in [0.4, 0.5) is 0 Å². The number of ether oxygens (including phenoxy) is 1. The van der Waals surface area contributed by atoms with Crippen LogP contribution < -0.4 is 11.1 Å². The molecule has 22 heavy (non-hydrogen) atoms. The Morgan fingerprint density at radius 2 is 1.86 bits per heavy atom. The van der Waals surface area contributed by atoms with Crippen molar-refractivity contribution in [2.24, 2.45) is 0 Å². The lowest BCUT2D eigenvalue weighted by Gasteiger charge is -2.04. The molecule has 0 saturated heterocycles. The molecule has 7 heteroatoms. The van der Waals surface area contributed by atoms with Gasteiger partial charge in [-0.3, -0.25) is 14.4 Å². The maximum Gasteiger partial charge on any atom is 0.305 e. The molecule has 1 aromatic rings. The molecular formula is C15H21N2O4S+. The van der Waals surface area contributed by atoms with E-state index in [1.54, 1.807) is 12.1 Å². The number of thioether (sulfide) groups is 1. The van der Waals surface area contributed by atoms with Crippen LogP contribution >= 0.6 is 11.8 Å². The Labute approximate surface area is 133 Å². The van der Waals surface area contributed by atoms with Gasteiger partial charge in [-0.1, -0.05) is 23.9 Å². The highest BCUT2D eigenvalue weighted by molar-refractivity contribution is 8.12. The molecule has 6 nitrogen and oxygen atoms in total. The van der Waals surface area contributed by atoms with Crippen LogP contribution in [0, 0.1) is 0 Å². The zero-order valence-electron chi connectivity index (χ0n) is 12.6. The van der Waals surface area contributed by atoms with E-state index in [9.17, 15) is 14.4 Å². The average molecular weight is 325 g/mol. The molecule has 0 aliphatic heterocycles. The number of benzene rings is 1. The van der Waals surface area contributed by atoms with E-state index < -0.39 is 0 Å². The molecule has 0 unspecified atom stereocenters. The van der Waals surface area contributed by atoms with Crippen molar-refractivity contribution in [3.05, 3.63) is 35.4 Å². The van der Waals surface area contributed by atoms with Crippen molar-refractivity contribution in [1.82, 2.24) is 5.32 Å². The van der Waals surface area contributed by atoms with Crippen LogP contribution in [0.2, 0.25) is 0 Å². The molecule has 120 valence electrons. The first kappa shape index (κ1) is 18.2. The minimum atomic E-state index is -0.383. The number of amides is 1. The first-order valence-electron chi connectivity index (χ1n) is 6.95. The zero-order valence-corrected chi connectivity index (χ0v) is 13.4.